The average molecular weight is 375 g/mol. The second-order valence-corrected chi connectivity index (χ2v) is 7.13. The minimum atomic E-state index is -0.577. The van der Waals surface area contributed by atoms with Gasteiger partial charge in [0.1, 0.15) is 17.9 Å². The molecule has 1 aliphatic heterocycles. The van der Waals surface area contributed by atoms with Gasteiger partial charge in [-0.25, -0.2) is 9.97 Å². The van der Waals surface area contributed by atoms with Crippen LogP contribution in [0.15, 0.2) is 24.5 Å². The molecule has 2 heterocycles. The summed E-state index contributed by atoms with van der Waals surface area (Å²) in [4.78, 5) is 25.3. The number of aromatic nitrogens is 2. The fourth-order valence-corrected chi connectivity index (χ4v) is 3.38. The predicted molar refractivity (Wildman–Crippen MR) is 102 cm³/mol. The first-order valence-corrected chi connectivity index (χ1v) is 8.96. The molecule has 2 aromatic rings. The Morgan fingerprint density at radius 3 is 2.81 bits per heavy atom. The molecule has 0 unspecified atom stereocenters. The van der Waals surface area contributed by atoms with E-state index in [1.54, 1.807) is 30.3 Å². The Balaban J connectivity index is 1.72. The SMILES string of the molecule is Cc1cc(Cl)ccc1O[C@H](C)C(=O)N1CCc2c(ncnc2N(C)C)C1. The van der Waals surface area contributed by atoms with Crippen LogP contribution < -0.4 is 9.64 Å². The van der Waals surface area contributed by atoms with Crippen molar-refractivity contribution < 1.29 is 9.53 Å². The molecule has 138 valence electrons. The van der Waals surface area contributed by atoms with Crippen molar-refractivity contribution in [1.82, 2.24) is 14.9 Å². The van der Waals surface area contributed by atoms with E-state index in [0.29, 0.717) is 23.9 Å². The normalized spacial score (nSPS) is 14.6. The number of hydrogen-bond acceptors (Lipinski definition) is 5. The molecule has 7 heteroatoms. The minimum Gasteiger partial charge on any atom is -0.481 e. The standard InChI is InChI=1S/C19H23ClN4O2/c1-12-9-14(20)5-6-17(12)26-13(2)19(25)24-8-7-15-16(10-24)21-11-22-18(15)23(3)4/h5-6,9,11,13H,7-8,10H2,1-4H3/t13-/m1/s1. The summed E-state index contributed by atoms with van der Waals surface area (Å²) in [5.74, 6) is 1.54. The molecule has 0 saturated carbocycles. The van der Waals surface area contributed by atoms with Gasteiger partial charge in [0.15, 0.2) is 6.10 Å². The van der Waals surface area contributed by atoms with Crippen LogP contribution in [0, 0.1) is 6.92 Å². The van der Waals surface area contributed by atoms with E-state index in [2.05, 4.69) is 9.97 Å². The molecular weight excluding hydrogens is 352 g/mol. The molecule has 26 heavy (non-hydrogen) atoms. The van der Waals surface area contributed by atoms with Crippen LogP contribution in [-0.2, 0) is 17.8 Å². The quantitative estimate of drug-likeness (QED) is 0.823. The molecule has 0 spiro atoms. The second-order valence-electron chi connectivity index (χ2n) is 6.70. The first kappa shape index (κ1) is 18.5. The monoisotopic (exact) mass is 374 g/mol. The molecule has 0 N–H and O–H groups in total. The van der Waals surface area contributed by atoms with Crippen molar-refractivity contribution in [2.75, 3.05) is 25.5 Å². The van der Waals surface area contributed by atoms with E-state index < -0.39 is 6.10 Å². The van der Waals surface area contributed by atoms with E-state index in [-0.39, 0.29) is 5.91 Å². The Morgan fingerprint density at radius 2 is 2.12 bits per heavy atom. The van der Waals surface area contributed by atoms with E-state index in [1.165, 1.54) is 0 Å². The lowest BCUT2D eigenvalue weighted by molar-refractivity contribution is -0.139. The van der Waals surface area contributed by atoms with Crippen LogP contribution in [0.3, 0.4) is 0 Å². The zero-order chi connectivity index (χ0) is 18.8. The van der Waals surface area contributed by atoms with Crippen molar-refractivity contribution in [1.29, 1.82) is 0 Å². The van der Waals surface area contributed by atoms with Crippen LogP contribution >= 0.6 is 11.6 Å². The van der Waals surface area contributed by atoms with E-state index in [1.807, 2.05) is 32.0 Å². The first-order chi connectivity index (χ1) is 12.4. The topological polar surface area (TPSA) is 58.6 Å². The van der Waals surface area contributed by atoms with Crippen LogP contribution in [0.2, 0.25) is 5.02 Å². The molecule has 1 aromatic heterocycles. The van der Waals surface area contributed by atoms with E-state index >= 15 is 0 Å². The third kappa shape index (κ3) is 3.75. The van der Waals surface area contributed by atoms with Gasteiger partial charge in [-0.05, 0) is 44.0 Å². The highest BCUT2D eigenvalue weighted by molar-refractivity contribution is 6.30. The molecule has 0 bridgehead atoms. The molecule has 1 amide bonds. The van der Waals surface area contributed by atoms with E-state index in [0.717, 1.165) is 29.1 Å². The van der Waals surface area contributed by atoms with Gasteiger partial charge in [-0.1, -0.05) is 11.6 Å². The van der Waals surface area contributed by atoms with Gasteiger partial charge < -0.3 is 14.5 Å². The summed E-state index contributed by atoms with van der Waals surface area (Å²) >= 11 is 5.97. The Morgan fingerprint density at radius 1 is 1.35 bits per heavy atom. The molecular formula is C19H23ClN4O2. The number of halogens is 1. The van der Waals surface area contributed by atoms with Gasteiger partial charge in [-0.3, -0.25) is 4.79 Å². The maximum absolute atomic E-state index is 12.8. The summed E-state index contributed by atoms with van der Waals surface area (Å²) in [7, 11) is 3.93. The molecule has 0 radical (unpaired) electrons. The molecule has 1 aliphatic rings. The number of hydrogen-bond donors (Lipinski definition) is 0. The van der Waals surface area contributed by atoms with Gasteiger partial charge in [0.25, 0.3) is 5.91 Å². The number of carbonyl (C=O) groups is 1. The highest BCUT2D eigenvalue weighted by atomic mass is 35.5. The van der Waals surface area contributed by atoms with Gasteiger partial charge in [-0.15, -0.1) is 0 Å². The van der Waals surface area contributed by atoms with Crippen molar-refractivity contribution in [2.45, 2.75) is 32.9 Å². The number of rotatable bonds is 4. The zero-order valence-corrected chi connectivity index (χ0v) is 16.2. The maximum atomic E-state index is 12.8. The lowest BCUT2D eigenvalue weighted by Gasteiger charge is -2.31. The number of nitrogens with zero attached hydrogens (tertiary/aromatic N) is 4. The van der Waals surface area contributed by atoms with Crippen LogP contribution in [0.1, 0.15) is 23.7 Å². The number of benzene rings is 1. The van der Waals surface area contributed by atoms with Crippen LogP contribution in [0.4, 0.5) is 5.82 Å². The Bertz CT molecular complexity index is 825. The summed E-state index contributed by atoms with van der Waals surface area (Å²) < 4.78 is 5.87. The third-order valence-corrected chi connectivity index (χ3v) is 4.74. The summed E-state index contributed by atoms with van der Waals surface area (Å²) in [6.07, 6.45) is 1.72. The molecule has 3 rings (SSSR count). The fourth-order valence-electron chi connectivity index (χ4n) is 3.15. The lowest BCUT2D eigenvalue weighted by Crippen LogP contribution is -2.43. The Kier molecular flexibility index (Phi) is 5.32. The highest BCUT2D eigenvalue weighted by Gasteiger charge is 2.28. The Hall–Kier alpha value is -2.34. The van der Waals surface area contributed by atoms with Crippen LogP contribution in [0.25, 0.3) is 0 Å². The van der Waals surface area contributed by atoms with E-state index in [9.17, 15) is 4.79 Å². The summed E-state index contributed by atoms with van der Waals surface area (Å²) in [5, 5.41) is 0.651. The first-order valence-electron chi connectivity index (χ1n) is 8.58. The number of anilines is 1. The van der Waals surface area contributed by atoms with E-state index in [4.69, 9.17) is 16.3 Å². The molecule has 1 aromatic carbocycles. The van der Waals surface area contributed by atoms with Gasteiger partial charge in [0, 0.05) is 31.2 Å². The fraction of sp³-hybridized carbons (Fsp3) is 0.421. The summed E-state index contributed by atoms with van der Waals surface area (Å²) in [6.45, 7) is 4.80. The smallest absolute Gasteiger partial charge is 0.263 e. The van der Waals surface area contributed by atoms with Gasteiger partial charge >= 0.3 is 0 Å². The van der Waals surface area contributed by atoms with Gasteiger partial charge in [0.05, 0.1) is 12.2 Å². The molecule has 6 nitrogen and oxygen atoms in total. The van der Waals surface area contributed by atoms with Crippen molar-refractivity contribution in [2.24, 2.45) is 0 Å². The predicted octanol–water partition coefficient (Wildman–Crippen LogP) is 2.86. The Labute approximate surface area is 158 Å². The number of ether oxygens (including phenoxy) is 1. The largest absolute Gasteiger partial charge is 0.481 e. The minimum absolute atomic E-state index is 0.0463. The second kappa shape index (κ2) is 7.50. The lowest BCUT2D eigenvalue weighted by atomic mass is 10.0. The molecule has 0 fully saturated rings. The maximum Gasteiger partial charge on any atom is 0.263 e. The number of carbonyl (C=O) groups excluding carboxylic acids is 1. The van der Waals surface area contributed by atoms with Gasteiger partial charge in [-0.2, -0.15) is 0 Å². The number of amides is 1. The number of aryl methyl sites for hydroxylation is 1. The molecule has 1 atom stereocenters. The van der Waals surface area contributed by atoms with Crippen molar-refractivity contribution >= 4 is 23.3 Å². The highest BCUT2D eigenvalue weighted by Crippen LogP contribution is 2.26. The van der Waals surface area contributed by atoms with Crippen molar-refractivity contribution in [3.63, 3.8) is 0 Å². The van der Waals surface area contributed by atoms with Crippen molar-refractivity contribution in [3.8, 4) is 5.75 Å². The molecule has 0 saturated heterocycles. The van der Waals surface area contributed by atoms with Crippen LogP contribution in [0.5, 0.6) is 5.75 Å². The van der Waals surface area contributed by atoms with Crippen LogP contribution in [-0.4, -0.2) is 47.5 Å². The van der Waals surface area contributed by atoms with Crippen molar-refractivity contribution in [3.05, 3.63) is 46.4 Å². The third-order valence-electron chi connectivity index (χ3n) is 4.51. The number of fused-ring (bicyclic) bond motifs is 1. The average Bonchev–Trinajstić information content (AvgIpc) is 2.62. The van der Waals surface area contributed by atoms with Gasteiger partial charge in [0.2, 0.25) is 0 Å². The zero-order valence-electron chi connectivity index (χ0n) is 15.5. The summed E-state index contributed by atoms with van der Waals surface area (Å²) in [5.41, 5.74) is 2.92. The summed E-state index contributed by atoms with van der Waals surface area (Å²) in [6, 6.07) is 5.38. The molecule has 0 aliphatic carbocycles.